The van der Waals surface area contributed by atoms with Gasteiger partial charge in [-0.15, -0.1) is 5.10 Å². The summed E-state index contributed by atoms with van der Waals surface area (Å²) in [5.41, 5.74) is 2.38. The molecule has 2 heterocycles. The predicted octanol–water partition coefficient (Wildman–Crippen LogP) is 0.144. The van der Waals surface area contributed by atoms with E-state index in [2.05, 4.69) is 30.5 Å². The van der Waals surface area contributed by atoms with Gasteiger partial charge in [0.1, 0.15) is 11.6 Å². The predicted molar refractivity (Wildman–Crippen MR) is 67.8 cm³/mol. The number of hydrogen-bond donors (Lipinski definition) is 2. The number of rotatable bonds is 5. The molecule has 0 bridgehead atoms. The Balaban J connectivity index is 2.41. The summed E-state index contributed by atoms with van der Waals surface area (Å²) in [6, 6.07) is 0.201. The molecule has 102 valence electrons. The van der Waals surface area contributed by atoms with Crippen molar-refractivity contribution in [2.45, 2.75) is 27.2 Å². The van der Waals surface area contributed by atoms with Crippen molar-refractivity contribution in [3.05, 3.63) is 11.6 Å². The van der Waals surface area contributed by atoms with Crippen LogP contribution in [0, 0.1) is 13.8 Å². The van der Waals surface area contributed by atoms with Crippen LogP contribution in [0.25, 0.3) is 5.95 Å². The van der Waals surface area contributed by atoms with Crippen LogP contribution in [0.4, 0.5) is 5.95 Å². The van der Waals surface area contributed by atoms with Gasteiger partial charge in [0, 0.05) is 0 Å². The lowest BCUT2D eigenvalue weighted by atomic mass is 10.5. The third-order valence-electron chi connectivity index (χ3n) is 2.23. The summed E-state index contributed by atoms with van der Waals surface area (Å²) in [5, 5.41) is 4.21. The van der Waals surface area contributed by atoms with Crippen LogP contribution in [0.1, 0.15) is 25.0 Å². The summed E-state index contributed by atoms with van der Waals surface area (Å²) < 4.78 is 6.90. The highest BCUT2D eigenvalue weighted by molar-refractivity contribution is 5.28. The van der Waals surface area contributed by atoms with E-state index >= 15 is 0 Å². The first-order valence-electron chi connectivity index (χ1n) is 5.90. The molecule has 0 saturated heterocycles. The van der Waals surface area contributed by atoms with Gasteiger partial charge in [0.2, 0.25) is 5.95 Å². The van der Waals surface area contributed by atoms with Gasteiger partial charge in [-0.05, 0) is 20.3 Å². The molecule has 9 heteroatoms. The molecule has 2 aromatic heterocycles. The maximum absolute atomic E-state index is 5.39. The van der Waals surface area contributed by atoms with E-state index < -0.39 is 0 Å². The van der Waals surface area contributed by atoms with E-state index in [0.29, 0.717) is 24.2 Å². The highest BCUT2D eigenvalue weighted by atomic mass is 16.5. The van der Waals surface area contributed by atoms with Gasteiger partial charge in [-0.2, -0.15) is 19.6 Å². The molecule has 0 aliphatic rings. The number of aromatic nitrogens is 6. The van der Waals surface area contributed by atoms with Crippen molar-refractivity contribution in [1.29, 1.82) is 0 Å². The minimum atomic E-state index is 0.201. The molecule has 9 nitrogen and oxygen atoms in total. The lowest BCUT2D eigenvalue weighted by Gasteiger charge is -2.07. The van der Waals surface area contributed by atoms with Crippen LogP contribution >= 0.6 is 0 Å². The Morgan fingerprint density at radius 1 is 1.21 bits per heavy atom. The molecule has 0 radical (unpaired) electrons. The fourth-order valence-corrected chi connectivity index (χ4v) is 1.47. The largest absolute Gasteiger partial charge is 0.463 e. The Hall–Kier alpha value is -2.29. The zero-order chi connectivity index (χ0) is 13.8. The van der Waals surface area contributed by atoms with Crippen LogP contribution in [0.15, 0.2) is 0 Å². The molecule has 0 unspecified atom stereocenters. The zero-order valence-corrected chi connectivity index (χ0v) is 11.1. The van der Waals surface area contributed by atoms with Gasteiger partial charge in [0.05, 0.1) is 6.61 Å². The van der Waals surface area contributed by atoms with Gasteiger partial charge in [-0.3, -0.25) is 5.43 Å². The van der Waals surface area contributed by atoms with Crippen molar-refractivity contribution in [3.63, 3.8) is 0 Å². The van der Waals surface area contributed by atoms with E-state index in [0.717, 1.165) is 6.42 Å². The second kappa shape index (κ2) is 5.57. The van der Waals surface area contributed by atoms with Crippen molar-refractivity contribution in [2.24, 2.45) is 5.84 Å². The van der Waals surface area contributed by atoms with Crippen molar-refractivity contribution >= 4 is 5.95 Å². The standard InChI is InChI=1S/C10H16N8O/c1-4-5-19-10-14-8(16-11)13-9(15-10)18-7(3)12-6(2)17-18/h4-5,11H2,1-3H3,(H,13,14,15,16). The smallest absolute Gasteiger partial charge is 0.323 e. The average molecular weight is 264 g/mol. The third-order valence-corrected chi connectivity index (χ3v) is 2.23. The molecule has 19 heavy (non-hydrogen) atoms. The molecule has 0 atom stereocenters. The highest BCUT2D eigenvalue weighted by Crippen LogP contribution is 2.11. The molecular formula is C10H16N8O. The first-order valence-corrected chi connectivity index (χ1v) is 5.90. The fraction of sp³-hybridized carbons (Fsp3) is 0.500. The second-order valence-electron chi connectivity index (χ2n) is 3.85. The van der Waals surface area contributed by atoms with Gasteiger partial charge in [-0.1, -0.05) is 6.92 Å². The average Bonchev–Trinajstić information content (AvgIpc) is 2.75. The first-order chi connectivity index (χ1) is 9.13. The van der Waals surface area contributed by atoms with Crippen molar-refractivity contribution in [2.75, 3.05) is 12.0 Å². The number of nitrogen functional groups attached to an aromatic ring is 1. The molecule has 0 aromatic carbocycles. The van der Waals surface area contributed by atoms with Crippen LogP contribution in [0.5, 0.6) is 6.01 Å². The van der Waals surface area contributed by atoms with Crippen LogP contribution in [-0.2, 0) is 0 Å². The SMILES string of the molecule is CCCOc1nc(NN)nc(-n2nc(C)nc2C)n1. The summed E-state index contributed by atoms with van der Waals surface area (Å²) >= 11 is 0. The molecule has 0 amide bonds. The fourth-order valence-electron chi connectivity index (χ4n) is 1.47. The Bertz CT molecular complexity index is 567. The summed E-state index contributed by atoms with van der Waals surface area (Å²) in [7, 11) is 0. The van der Waals surface area contributed by atoms with Gasteiger partial charge in [0.25, 0.3) is 5.95 Å². The zero-order valence-electron chi connectivity index (χ0n) is 11.1. The van der Waals surface area contributed by atoms with Gasteiger partial charge in [-0.25, -0.2) is 10.8 Å². The van der Waals surface area contributed by atoms with E-state index in [1.54, 1.807) is 6.92 Å². The minimum absolute atomic E-state index is 0.201. The maximum Gasteiger partial charge on any atom is 0.323 e. The van der Waals surface area contributed by atoms with Gasteiger partial charge >= 0.3 is 6.01 Å². The van der Waals surface area contributed by atoms with Crippen molar-refractivity contribution in [1.82, 2.24) is 29.7 Å². The lowest BCUT2D eigenvalue weighted by molar-refractivity contribution is 0.291. The number of anilines is 1. The number of aryl methyl sites for hydroxylation is 2. The molecule has 0 aliphatic heterocycles. The Morgan fingerprint density at radius 2 is 2.00 bits per heavy atom. The summed E-state index contributed by atoms with van der Waals surface area (Å²) in [5.74, 6) is 7.17. The van der Waals surface area contributed by atoms with Crippen LogP contribution in [0.2, 0.25) is 0 Å². The third kappa shape index (κ3) is 2.94. The van der Waals surface area contributed by atoms with E-state index in [9.17, 15) is 0 Å². The van der Waals surface area contributed by atoms with E-state index in [1.807, 2.05) is 13.8 Å². The van der Waals surface area contributed by atoms with Crippen LogP contribution < -0.4 is 16.0 Å². The van der Waals surface area contributed by atoms with Crippen molar-refractivity contribution < 1.29 is 4.74 Å². The summed E-state index contributed by atoms with van der Waals surface area (Å²) in [6.07, 6.45) is 0.855. The number of hydrazine groups is 1. The van der Waals surface area contributed by atoms with Crippen molar-refractivity contribution in [3.8, 4) is 12.0 Å². The second-order valence-corrected chi connectivity index (χ2v) is 3.85. The molecule has 3 N–H and O–H groups in total. The van der Waals surface area contributed by atoms with Gasteiger partial charge < -0.3 is 4.74 Å². The normalized spacial score (nSPS) is 10.5. The highest BCUT2D eigenvalue weighted by Gasteiger charge is 2.12. The summed E-state index contributed by atoms with van der Waals surface area (Å²) in [6.45, 7) is 6.12. The lowest BCUT2D eigenvalue weighted by Crippen LogP contribution is -2.16. The molecule has 0 saturated carbocycles. The molecular weight excluding hydrogens is 248 g/mol. The van der Waals surface area contributed by atoms with Gasteiger partial charge in [0.15, 0.2) is 0 Å². The molecule has 0 spiro atoms. The number of hydrogen-bond acceptors (Lipinski definition) is 8. The molecule has 0 aliphatic carbocycles. The Kier molecular flexibility index (Phi) is 3.85. The molecule has 0 fully saturated rings. The van der Waals surface area contributed by atoms with E-state index in [-0.39, 0.29) is 12.0 Å². The number of nitrogens with one attached hydrogen (secondary N) is 1. The number of nitrogens with two attached hydrogens (primary N) is 1. The quantitative estimate of drug-likeness (QED) is 0.578. The molecule has 2 rings (SSSR count). The Labute approximate surface area is 110 Å². The first kappa shape index (κ1) is 13.1. The Morgan fingerprint density at radius 3 is 2.58 bits per heavy atom. The van der Waals surface area contributed by atoms with E-state index in [1.165, 1.54) is 4.68 Å². The minimum Gasteiger partial charge on any atom is -0.463 e. The van der Waals surface area contributed by atoms with Crippen LogP contribution in [0.3, 0.4) is 0 Å². The van der Waals surface area contributed by atoms with Crippen LogP contribution in [-0.4, -0.2) is 36.3 Å². The van der Waals surface area contributed by atoms with E-state index in [4.69, 9.17) is 10.6 Å². The monoisotopic (exact) mass is 264 g/mol. The molecule has 2 aromatic rings. The number of ether oxygens (including phenoxy) is 1. The number of nitrogens with zero attached hydrogens (tertiary/aromatic N) is 6. The maximum atomic E-state index is 5.39. The summed E-state index contributed by atoms with van der Waals surface area (Å²) in [4.78, 5) is 16.5. The topological polar surface area (TPSA) is 117 Å².